The van der Waals surface area contributed by atoms with E-state index in [0.29, 0.717) is 12.1 Å². The van der Waals surface area contributed by atoms with Gasteiger partial charge in [0.1, 0.15) is 0 Å². The summed E-state index contributed by atoms with van der Waals surface area (Å²) in [5, 5.41) is 0. The van der Waals surface area contributed by atoms with Crippen LogP contribution in [0.3, 0.4) is 0 Å². The lowest BCUT2D eigenvalue weighted by molar-refractivity contribution is 0.263. The van der Waals surface area contributed by atoms with Crippen molar-refractivity contribution in [2.45, 2.75) is 45.7 Å². The molecule has 20 heavy (non-hydrogen) atoms. The number of hydrogen-bond acceptors (Lipinski definition) is 2. The molecule has 0 aromatic carbocycles. The van der Waals surface area contributed by atoms with Gasteiger partial charge in [-0.2, -0.15) is 0 Å². The molecular formula is C18H24N2. The number of rotatable bonds is 5. The predicted octanol–water partition coefficient (Wildman–Crippen LogP) is 4.43. The van der Waals surface area contributed by atoms with Crippen molar-refractivity contribution in [3.8, 4) is 0 Å². The van der Waals surface area contributed by atoms with Crippen LogP contribution >= 0.6 is 0 Å². The lowest BCUT2D eigenvalue weighted by atomic mass is 9.97. The largest absolute Gasteiger partial charge is 0.369 e. The zero-order chi connectivity index (χ0) is 14.4. The number of allylic oxidation sites excluding steroid dienone is 3. The second kappa shape index (κ2) is 7.09. The molecule has 0 saturated heterocycles. The lowest BCUT2D eigenvalue weighted by Crippen LogP contribution is -2.35. The van der Waals surface area contributed by atoms with E-state index in [9.17, 15) is 0 Å². The Bertz CT molecular complexity index is 497. The fraction of sp³-hybridized carbons (Fsp3) is 0.389. The van der Waals surface area contributed by atoms with E-state index in [1.807, 2.05) is 18.5 Å². The predicted molar refractivity (Wildman–Crippen MR) is 86.2 cm³/mol. The zero-order valence-corrected chi connectivity index (χ0v) is 12.7. The summed E-state index contributed by atoms with van der Waals surface area (Å²) in [6.45, 7) is 6.66. The van der Waals surface area contributed by atoms with Gasteiger partial charge in [-0.05, 0) is 50.1 Å². The van der Waals surface area contributed by atoms with Crippen LogP contribution in [-0.2, 0) is 0 Å². The summed E-state index contributed by atoms with van der Waals surface area (Å²) in [7, 11) is 0. The molecule has 0 saturated carbocycles. The number of nitrogens with zero attached hydrogens (tertiary/aromatic N) is 2. The minimum absolute atomic E-state index is 0.457. The molecule has 0 aliphatic heterocycles. The third-order valence-corrected chi connectivity index (χ3v) is 3.56. The van der Waals surface area contributed by atoms with Gasteiger partial charge in [0, 0.05) is 18.4 Å². The summed E-state index contributed by atoms with van der Waals surface area (Å²) in [6, 6.07) is 5.07. The van der Waals surface area contributed by atoms with Gasteiger partial charge in [0.2, 0.25) is 0 Å². The van der Waals surface area contributed by atoms with Crippen molar-refractivity contribution in [2.24, 2.45) is 0 Å². The van der Waals surface area contributed by atoms with Gasteiger partial charge in [-0.1, -0.05) is 37.3 Å². The second-order valence-electron chi connectivity index (χ2n) is 5.40. The maximum Gasteiger partial charge on any atom is 0.0508 e. The Kier molecular flexibility index (Phi) is 5.16. The highest BCUT2D eigenvalue weighted by Crippen LogP contribution is 2.24. The van der Waals surface area contributed by atoms with Crippen molar-refractivity contribution in [2.75, 3.05) is 0 Å². The molecule has 1 atom stereocenters. The standard InChI is InChI=1S/C18H24N2/c1-4-5-13-20(15(2)3)18-10-8-16(9-11-18)17-7-6-12-19-14-17/h5-10,12-15,18H,4,11H2,1-3H3/b13-5-. The summed E-state index contributed by atoms with van der Waals surface area (Å²) in [5.74, 6) is 0. The topological polar surface area (TPSA) is 16.1 Å². The Morgan fingerprint density at radius 2 is 2.30 bits per heavy atom. The third-order valence-electron chi connectivity index (χ3n) is 3.56. The van der Waals surface area contributed by atoms with Crippen molar-refractivity contribution in [1.82, 2.24) is 9.88 Å². The van der Waals surface area contributed by atoms with Gasteiger partial charge in [-0.15, -0.1) is 0 Å². The molecule has 0 radical (unpaired) electrons. The average molecular weight is 268 g/mol. The third kappa shape index (κ3) is 3.60. The van der Waals surface area contributed by atoms with Gasteiger partial charge < -0.3 is 4.90 Å². The van der Waals surface area contributed by atoms with Crippen LogP contribution in [0.15, 0.2) is 55.0 Å². The van der Waals surface area contributed by atoms with Gasteiger partial charge in [0.05, 0.1) is 6.04 Å². The van der Waals surface area contributed by atoms with Crippen molar-refractivity contribution in [3.63, 3.8) is 0 Å². The van der Waals surface area contributed by atoms with Gasteiger partial charge >= 0.3 is 0 Å². The summed E-state index contributed by atoms with van der Waals surface area (Å²) < 4.78 is 0. The van der Waals surface area contributed by atoms with Crippen LogP contribution in [0.5, 0.6) is 0 Å². The van der Waals surface area contributed by atoms with Crippen LogP contribution in [0.25, 0.3) is 5.57 Å². The van der Waals surface area contributed by atoms with E-state index in [2.05, 4.69) is 67.2 Å². The van der Waals surface area contributed by atoms with Gasteiger partial charge in [-0.25, -0.2) is 0 Å². The van der Waals surface area contributed by atoms with E-state index in [0.717, 1.165) is 12.8 Å². The zero-order valence-electron chi connectivity index (χ0n) is 12.7. The molecule has 1 aromatic heterocycles. The highest BCUT2D eigenvalue weighted by molar-refractivity contribution is 5.74. The first-order valence-electron chi connectivity index (χ1n) is 7.45. The molecule has 1 heterocycles. The van der Waals surface area contributed by atoms with Gasteiger partial charge in [0.15, 0.2) is 0 Å². The monoisotopic (exact) mass is 268 g/mol. The average Bonchev–Trinajstić information content (AvgIpc) is 2.49. The van der Waals surface area contributed by atoms with Crippen molar-refractivity contribution >= 4 is 5.57 Å². The van der Waals surface area contributed by atoms with Crippen LogP contribution in [0.1, 0.15) is 39.2 Å². The minimum Gasteiger partial charge on any atom is -0.369 e. The fourth-order valence-electron chi connectivity index (χ4n) is 2.47. The molecule has 106 valence electrons. The van der Waals surface area contributed by atoms with E-state index < -0.39 is 0 Å². The molecule has 0 N–H and O–H groups in total. The van der Waals surface area contributed by atoms with Crippen LogP contribution in [0, 0.1) is 0 Å². The first kappa shape index (κ1) is 14.6. The fourth-order valence-corrected chi connectivity index (χ4v) is 2.47. The highest BCUT2D eigenvalue weighted by Gasteiger charge is 2.17. The summed E-state index contributed by atoms with van der Waals surface area (Å²) in [6.07, 6.45) is 17.2. The molecule has 2 nitrogen and oxygen atoms in total. The van der Waals surface area contributed by atoms with Crippen molar-refractivity contribution in [3.05, 3.63) is 60.6 Å². The minimum atomic E-state index is 0.457. The molecule has 0 spiro atoms. The van der Waals surface area contributed by atoms with E-state index in [4.69, 9.17) is 0 Å². The Balaban J connectivity index is 2.08. The summed E-state index contributed by atoms with van der Waals surface area (Å²) >= 11 is 0. The Hall–Kier alpha value is -1.83. The second-order valence-corrected chi connectivity index (χ2v) is 5.40. The first-order chi connectivity index (χ1) is 9.72. The van der Waals surface area contributed by atoms with Crippen LogP contribution < -0.4 is 0 Å². The van der Waals surface area contributed by atoms with Crippen molar-refractivity contribution < 1.29 is 0 Å². The summed E-state index contributed by atoms with van der Waals surface area (Å²) in [5.41, 5.74) is 2.47. The molecular weight excluding hydrogens is 244 g/mol. The molecule has 1 aliphatic rings. The smallest absolute Gasteiger partial charge is 0.0508 e. The van der Waals surface area contributed by atoms with Crippen LogP contribution in [0.4, 0.5) is 0 Å². The lowest BCUT2D eigenvalue weighted by Gasteiger charge is -2.33. The summed E-state index contributed by atoms with van der Waals surface area (Å²) in [4.78, 5) is 6.61. The molecule has 2 rings (SSSR count). The molecule has 2 heteroatoms. The SMILES string of the molecule is CC/C=C\N(C(C)C)C1C=CC(c2cccnc2)=CC1. The van der Waals surface area contributed by atoms with E-state index in [1.54, 1.807) is 0 Å². The van der Waals surface area contributed by atoms with Gasteiger partial charge in [-0.3, -0.25) is 4.98 Å². The van der Waals surface area contributed by atoms with Crippen molar-refractivity contribution in [1.29, 1.82) is 0 Å². The van der Waals surface area contributed by atoms with Crippen LogP contribution in [0.2, 0.25) is 0 Å². The maximum absolute atomic E-state index is 4.19. The Labute approximate surface area is 122 Å². The van der Waals surface area contributed by atoms with E-state index in [-0.39, 0.29) is 0 Å². The van der Waals surface area contributed by atoms with E-state index in [1.165, 1.54) is 11.1 Å². The van der Waals surface area contributed by atoms with E-state index >= 15 is 0 Å². The van der Waals surface area contributed by atoms with Gasteiger partial charge in [0.25, 0.3) is 0 Å². The molecule has 0 fully saturated rings. The highest BCUT2D eigenvalue weighted by atomic mass is 15.2. The number of aromatic nitrogens is 1. The Morgan fingerprint density at radius 3 is 2.85 bits per heavy atom. The number of pyridine rings is 1. The molecule has 1 aliphatic carbocycles. The molecule has 0 bridgehead atoms. The van der Waals surface area contributed by atoms with Crippen LogP contribution in [-0.4, -0.2) is 22.0 Å². The first-order valence-corrected chi connectivity index (χ1v) is 7.45. The quantitative estimate of drug-likeness (QED) is 0.785. The number of hydrogen-bond donors (Lipinski definition) is 0. The molecule has 0 amide bonds. The maximum atomic E-state index is 4.19. The normalized spacial score (nSPS) is 18.6. The Morgan fingerprint density at radius 1 is 1.45 bits per heavy atom. The molecule has 1 unspecified atom stereocenters. The molecule has 1 aromatic rings.